The topological polar surface area (TPSA) is 165 Å². The molecule has 2 aliphatic carbocycles. The fraction of sp³-hybridized carbons (Fsp3) is 0.314. The standard InChI is InChI=1S/C35H30ClF7N8O4S/c1-45-28-23(7-6-19(36)26(28)32(44)49-56(2,54)55)51-33(47-21-5-3-4-20(39)27(21)34(51)53)22(10-14-8-15(37)11-16(38)9-14)46-24(52)13-50-30-25(29(48-50)31(40)41)17-12-18(17)35(30,42)43/h3-9,11,17-18,22,31,33,45,47H,10,12-13H2,1-2H3,(H2,44,49)(H,46,52)/p+1/t17-,18?,22+,33?/m1/s1. The molecular weight excluding hydrogens is 797 g/mol. The van der Waals surface area contributed by atoms with Crippen LogP contribution in [0.5, 0.6) is 0 Å². The van der Waals surface area contributed by atoms with Gasteiger partial charge in [0.2, 0.25) is 5.91 Å². The van der Waals surface area contributed by atoms with Gasteiger partial charge >= 0.3 is 0 Å². The highest BCUT2D eigenvalue weighted by molar-refractivity contribution is 7.84. The predicted molar refractivity (Wildman–Crippen MR) is 190 cm³/mol. The lowest BCUT2D eigenvalue weighted by Crippen LogP contribution is -2.78. The van der Waals surface area contributed by atoms with Crippen molar-refractivity contribution < 1.29 is 53.1 Å². The van der Waals surface area contributed by atoms with E-state index in [2.05, 4.69) is 25.4 Å². The van der Waals surface area contributed by atoms with Crippen LogP contribution in [0.1, 0.15) is 57.2 Å². The third-order valence-corrected chi connectivity index (χ3v) is 10.7. The van der Waals surface area contributed by atoms with Crippen LogP contribution in [0.15, 0.2) is 48.5 Å². The number of nitrogens with zero attached hydrogens (tertiary/aromatic N) is 3. The molecule has 2 amide bonds. The van der Waals surface area contributed by atoms with Crippen molar-refractivity contribution in [1.82, 2.24) is 15.1 Å². The molecule has 7 rings (SSSR count). The van der Waals surface area contributed by atoms with Crippen LogP contribution >= 0.6 is 11.6 Å². The summed E-state index contributed by atoms with van der Waals surface area (Å²) in [5.41, 5.74) is 3.22. The molecule has 1 aromatic heterocycles. The van der Waals surface area contributed by atoms with Crippen LogP contribution in [0, 0.1) is 23.4 Å². The Bertz CT molecular complexity index is 2430. The van der Waals surface area contributed by atoms with E-state index in [4.69, 9.17) is 17.3 Å². The molecule has 21 heteroatoms. The SMILES string of the molecule is CNc1c(N2C(=O)c3c(F)cccc3NC2[C@H](Cc2cc(F)cc(F)c2)NC(=O)Cn2nc(C(F)F)c3c2C(F)(F)C2C[C@@H]32)ccc(Cl)c1/C(N)=[NH+]/S(C)(=O)=O. The number of hydrogen-bond acceptors (Lipinski definition) is 7. The third-order valence-electron chi connectivity index (χ3n) is 9.80. The number of nitrogens with one attached hydrogen (secondary N) is 4. The molecule has 4 aromatic rings. The van der Waals surface area contributed by atoms with Crippen molar-refractivity contribution >= 4 is 56.3 Å². The summed E-state index contributed by atoms with van der Waals surface area (Å²) in [5.74, 6) is -11.2. The lowest BCUT2D eigenvalue weighted by atomic mass is 9.96. The Morgan fingerprint density at radius 3 is 2.48 bits per heavy atom. The second-order valence-electron chi connectivity index (χ2n) is 13.6. The smallest absolute Gasteiger partial charge is 0.295 e. The first-order valence-electron chi connectivity index (χ1n) is 16.8. The molecule has 3 aliphatic rings. The maximum Gasteiger partial charge on any atom is 0.295 e. The fourth-order valence-corrected chi connectivity index (χ4v) is 8.36. The second kappa shape index (κ2) is 14.0. The Morgan fingerprint density at radius 1 is 1.14 bits per heavy atom. The van der Waals surface area contributed by atoms with Gasteiger partial charge in [-0.25, -0.2) is 22.0 Å². The number of aromatic nitrogens is 2. The summed E-state index contributed by atoms with van der Waals surface area (Å²) in [4.78, 5) is 29.3. The Balaban J connectivity index is 1.36. The molecule has 6 N–H and O–H groups in total. The van der Waals surface area contributed by atoms with Gasteiger partial charge < -0.3 is 16.0 Å². The van der Waals surface area contributed by atoms with E-state index in [1.54, 1.807) is 0 Å². The number of nitrogens with two attached hydrogens (primary N) is 1. The van der Waals surface area contributed by atoms with Crippen LogP contribution in [-0.2, 0) is 33.7 Å². The van der Waals surface area contributed by atoms with Crippen molar-refractivity contribution in [2.45, 2.75) is 49.9 Å². The van der Waals surface area contributed by atoms with Gasteiger partial charge in [-0.05, 0) is 60.7 Å². The number of rotatable bonds is 11. The largest absolute Gasteiger partial charge is 0.386 e. The number of amides is 2. The van der Waals surface area contributed by atoms with Crippen molar-refractivity contribution in [3.05, 3.63) is 105 Å². The zero-order chi connectivity index (χ0) is 40.6. The Hall–Kier alpha value is -5.37. The van der Waals surface area contributed by atoms with E-state index in [1.807, 2.05) is 0 Å². The molecule has 1 aliphatic heterocycles. The third kappa shape index (κ3) is 6.88. The van der Waals surface area contributed by atoms with Crippen LogP contribution < -0.4 is 31.0 Å². The molecule has 3 aromatic carbocycles. The number of carbonyl (C=O) groups excluding carboxylic acids is 2. The number of alkyl halides is 4. The number of hydrogen-bond donors (Lipinski definition) is 5. The summed E-state index contributed by atoms with van der Waals surface area (Å²) in [6.45, 7) is -1.00. The highest BCUT2D eigenvalue weighted by Gasteiger charge is 2.67. The monoisotopic (exact) mass is 827 g/mol. The molecule has 0 bridgehead atoms. The highest BCUT2D eigenvalue weighted by Crippen LogP contribution is 2.68. The fourth-order valence-electron chi connectivity index (χ4n) is 7.60. The van der Waals surface area contributed by atoms with Gasteiger partial charge in [-0.2, -0.15) is 26.7 Å². The zero-order valence-corrected chi connectivity index (χ0v) is 30.7. The lowest BCUT2D eigenvalue weighted by Gasteiger charge is -2.43. The van der Waals surface area contributed by atoms with E-state index in [9.17, 15) is 35.6 Å². The summed E-state index contributed by atoms with van der Waals surface area (Å²) >= 11 is 6.47. The second-order valence-corrected chi connectivity index (χ2v) is 15.8. The Kier molecular flexibility index (Phi) is 9.71. The highest BCUT2D eigenvalue weighted by atomic mass is 35.5. The lowest BCUT2D eigenvalue weighted by molar-refractivity contribution is -0.266. The van der Waals surface area contributed by atoms with Crippen molar-refractivity contribution in [3.8, 4) is 0 Å². The molecule has 4 atom stereocenters. The van der Waals surface area contributed by atoms with Crippen molar-refractivity contribution in [1.29, 1.82) is 0 Å². The minimum absolute atomic E-state index is 0.0160. The van der Waals surface area contributed by atoms with Gasteiger partial charge in [0, 0.05) is 24.6 Å². The van der Waals surface area contributed by atoms with E-state index in [-0.39, 0.29) is 45.2 Å². The quantitative estimate of drug-likeness (QED) is 0.0868. The summed E-state index contributed by atoms with van der Waals surface area (Å²) in [6.07, 6.45) is -4.38. The molecule has 0 saturated heterocycles. The molecule has 1 fully saturated rings. The maximum absolute atomic E-state index is 15.4. The first kappa shape index (κ1) is 38.9. The van der Waals surface area contributed by atoms with E-state index in [1.165, 1.54) is 31.3 Å². The van der Waals surface area contributed by atoms with E-state index in [0.29, 0.717) is 10.7 Å². The number of carbonyl (C=O) groups is 2. The Labute approximate surface area is 318 Å². The number of nitrogen functional groups attached to an aromatic ring is 1. The van der Waals surface area contributed by atoms with Gasteiger partial charge in [0.15, 0.2) is 0 Å². The van der Waals surface area contributed by atoms with Crippen LogP contribution in [0.3, 0.4) is 0 Å². The van der Waals surface area contributed by atoms with Crippen LogP contribution in [-0.4, -0.2) is 61.4 Å². The summed E-state index contributed by atoms with van der Waals surface area (Å²) in [6, 6.07) is 7.21. The minimum atomic E-state index is -3.97. The number of fused-ring (bicyclic) bond motifs is 4. The number of sulfonamides is 1. The molecular formula is C35H31ClF7N8O4S+. The van der Waals surface area contributed by atoms with Gasteiger partial charge in [0.1, 0.15) is 47.1 Å². The van der Waals surface area contributed by atoms with E-state index in [0.717, 1.165) is 29.4 Å². The van der Waals surface area contributed by atoms with E-state index >= 15 is 13.2 Å². The maximum atomic E-state index is 15.4. The van der Waals surface area contributed by atoms with Crippen molar-refractivity contribution in [2.75, 3.05) is 28.8 Å². The van der Waals surface area contributed by atoms with Crippen LogP contribution in [0.4, 0.5) is 47.8 Å². The van der Waals surface area contributed by atoms with E-state index < -0.39 is 111 Å². The molecule has 2 heterocycles. The molecule has 0 spiro atoms. The molecule has 1 saturated carbocycles. The number of halogens is 8. The van der Waals surface area contributed by atoms with Gasteiger partial charge in [0.25, 0.3) is 34.1 Å². The average molecular weight is 828 g/mol. The average Bonchev–Trinajstić information content (AvgIpc) is 3.75. The predicted octanol–water partition coefficient (Wildman–Crippen LogP) is 3.71. The van der Waals surface area contributed by atoms with Crippen LogP contribution in [0.2, 0.25) is 5.02 Å². The first-order valence-corrected chi connectivity index (χ1v) is 19.1. The molecule has 2 unspecified atom stereocenters. The first-order chi connectivity index (χ1) is 26.3. The number of anilines is 3. The van der Waals surface area contributed by atoms with Gasteiger partial charge in [-0.15, -0.1) is 0 Å². The normalized spacial score (nSPS) is 20.3. The van der Waals surface area contributed by atoms with Crippen molar-refractivity contribution in [3.63, 3.8) is 0 Å². The number of benzene rings is 3. The van der Waals surface area contributed by atoms with Crippen molar-refractivity contribution in [2.24, 2.45) is 11.7 Å². The summed E-state index contributed by atoms with van der Waals surface area (Å²) < 4.78 is 130. The van der Waals surface area contributed by atoms with Crippen LogP contribution in [0.25, 0.3) is 0 Å². The molecule has 296 valence electrons. The number of amidine groups is 1. The summed E-state index contributed by atoms with van der Waals surface area (Å²) in [5, 5.41) is 12.0. The molecule has 0 radical (unpaired) electrons. The molecule has 12 nitrogen and oxygen atoms in total. The van der Waals surface area contributed by atoms with Gasteiger partial charge in [-0.1, -0.05) is 17.7 Å². The van der Waals surface area contributed by atoms with Gasteiger partial charge in [0.05, 0.1) is 39.9 Å². The zero-order valence-electron chi connectivity index (χ0n) is 29.1. The molecule has 56 heavy (non-hydrogen) atoms. The Morgan fingerprint density at radius 2 is 1.84 bits per heavy atom. The summed E-state index contributed by atoms with van der Waals surface area (Å²) in [7, 11) is -2.60. The van der Waals surface area contributed by atoms with Gasteiger partial charge in [-0.3, -0.25) is 24.9 Å². The minimum Gasteiger partial charge on any atom is -0.386 e.